The topological polar surface area (TPSA) is 66.8 Å². The highest BCUT2D eigenvalue weighted by Gasteiger charge is 2.28. The Morgan fingerprint density at radius 1 is 1.33 bits per heavy atom. The lowest BCUT2D eigenvalue weighted by atomic mass is 10.1. The minimum atomic E-state index is -0.821. The van der Waals surface area contributed by atoms with Crippen molar-refractivity contribution in [2.24, 2.45) is 5.92 Å². The van der Waals surface area contributed by atoms with Gasteiger partial charge in [0, 0.05) is 19.5 Å². The molecule has 1 atom stereocenters. The van der Waals surface area contributed by atoms with Gasteiger partial charge in [0.1, 0.15) is 5.75 Å². The third kappa shape index (κ3) is 3.23. The van der Waals surface area contributed by atoms with Gasteiger partial charge in [0.15, 0.2) is 0 Å². The zero-order chi connectivity index (χ0) is 13.0. The van der Waals surface area contributed by atoms with E-state index < -0.39 is 12.1 Å². The van der Waals surface area contributed by atoms with Crippen molar-refractivity contribution in [3.05, 3.63) is 30.3 Å². The summed E-state index contributed by atoms with van der Waals surface area (Å²) in [6.45, 7) is 1.02. The van der Waals surface area contributed by atoms with Crippen LogP contribution >= 0.6 is 0 Å². The quantitative estimate of drug-likeness (QED) is 0.889. The number of nitrogens with zero attached hydrogens (tertiary/aromatic N) is 1. The number of benzene rings is 1. The van der Waals surface area contributed by atoms with Crippen LogP contribution in [0.3, 0.4) is 0 Å². The Hall–Kier alpha value is -2.04. The number of hydrogen-bond acceptors (Lipinski definition) is 3. The Morgan fingerprint density at radius 2 is 2.06 bits per heavy atom. The molecule has 0 saturated carbocycles. The van der Waals surface area contributed by atoms with E-state index in [4.69, 9.17) is 9.84 Å². The third-order valence-electron chi connectivity index (χ3n) is 2.96. The summed E-state index contributed by atoms with van der Waals surface area (Å²) in [4.78, 5) is 23.9. The van der Waals surface area contributed by atoms with Crippen molar-refractivity contribution in [2.45, 2.75) is 12.8 Å². The van der Waals surface area contributed by atoms with E-state index in [-0.39, 0.29) is 12.3 Å². The fourth-order valence-corrected chi connectivity index (χ4v) is 2.07. The molecule has 0 spiro atoms. The number of ether oxygens (including phenoxy) is 1. The van der Waals surface area contributed by atoms with E-state index in [0.29, 0.717) is 18.8 Å². The lowest BCUT2D eigenvalue weighted by Gasteiger charge is -2.15. The number of carboxylic acids is 1. The van der Waals surface area contributed by atoms with E-state index >= 15 is 0 Å². The van der Waals surface area contributed by atoms with Gasteiger partial charge in [-0.3, -0.25) is 4.79 Å². The first-order valence-corrected chi connectivity index (χ1v) is 5.89. The van der Waals surface area contributed by atoms with Crippen molar-refractivity contribution in [2.75, 3.05) is 13.1 Å². The molecule has 1 aromatic rings. The van der Waals surface area contributed by atoms with Crippen LogP contribution < -0.4 is 4.74 Å². The number of aliphatic carboxylic acids is 1. The Labute approximate surface area is 105 Å². The van der Waals surface area contributed by atoms with Crippen LogP contribution in [-0.4, -0.2) is 35.2 Å². The standard InChI is InChI=1S/C13H15NO4/c15-12(16)8-10-6-7-14(9-10)13(17)18-11-4-2-1-3-5-11/h1-5,10H,6-9H2,(H,15,16). The van der Waals surface area contributed by atoms with Crippen molar-refractivity contribution < 1.29 is 19.4 Å². The molecule has 1 aliphatic heterocycles. The zero-order valence-electron chi connectivity index (χ0n) is 9.91. The largest absolute Gasteiger partial charge is 0.481 e. The van der Waals surface area contributed by atoms with Gasteiger partial charge in [0.2, 0.25) is 0 Å². The maximum Gasteiger partial charge on any atom is 0.415 e. The summed E-state index contributed by atoms with van der Waals surface area (Å²) < 4.78 is 5.19. The summed E-state index contributed by atoms with van der Waals surface area (Å²) in [5.41, 5.74) is 0. The van der Waals surface area contributed by atoms with Gasteiger partial charge in [-0.2, -0.15) is 0 Å². The predicted molar refractivity (Wildman–Crippen MR) is 64.4 cm³/mol. The zero-order valence-corrected chi connectivity index (χ0v) is 9.91. The molecule has 1 aromatic carbocycles. The number of amides is 1. The molecule has 5 heteroatoms. The molecule has 1 amide bonds. The van der Waals surface area contributed by atoms with Crippen LogP contribution in [0.1, 0.15) is 12.8 Å². The van der Waals surface area contributed by atoms with Gasteiger partial charge in [-0.15, -0.1) is 0 Å². The van der Waals surface area contributed by atoms with Gasteiger partial charge in [-0.25, -0.2) is 4.79 Å². The summed E-state index contributed by atoms with van der Waals surface area (Å²) in [6.07, 6.45) is 0.416. The monoisotopic (exact) mass is 249 g/mol. The number of carboxylic acid groups (broad SMARTS) is 1. The van der Waals surface area contributed by atoms with Crippen LogP contribution in [0, 0.1) is 5.92 Å². The fourth-order valence-electron chi connectivity index (χ4n) is 2.07. The van der Waals surface area contributed by atoms with E-state index in [1.54, 1.807) is 29.2 Å². The molecule has 96 valence electrons. The maximum absolute atomic E-state index is 11.8. The van der Waals surface area contributed by atoms with Crippen LogP contribution in [0.25, 0.3) is 0 Å². The Kier molecular flexibility index (Phi) is 3.82. The Morgan fingerprint density at radius 3 is 2.72 bits per heavy atom. The highest BCUT2D eigenvalue weighted by Crippen LogP contribution is 2.21. The predicted octanol–water partition coefficient (Wildman–Crippen LogP) is 1.98. The number of para-hydroxylation sites is 1. The molecule has 1 unspecified atom stereocenters. The van der Waals surface area contributed by atoms with E-state index in [0.717, 1.165) is 6.42 Å². The summed E-state index contributed by atoms with van der Waals surface area (Å²) in [5.74, 6) is -0.284. The molecule has 1 N–H and O–H groups in total. The number of carbonyl (C=O) groups excluding carboxylic acids is 1. The van der Waals surface area contributed by atoms with E-state index in [1.807, 2.05) is 6.07 Å². The highest BCUT2D eigenvalue weighted by molar-refractivity contribution is 5.71. The normalized spacial score (nSPS) is 18.7. The van der Waals surface area contributed by atoms with Crippen molar-refractivity contribution in [3.8, 4) is 5.75 Å². The van der Waals surface area contributed by atoms with Gasteiger partial charge < -0.3 is 14.7 Å². The summed E-state index contributed by atoms with van der Waals surface area (Å²) in [5, 5.41) is 8.70. The minimum absolute atomic E-state index is 0.0332. The third-order valence-corrected chi connectivity index (χ3v) is 2.96. The molecule has 1 heterocycles. The molecule has 1 fully saturated rings. The number of rotatable bonds is 3. The van der Waals surface area contributed by atoms with Crippen LogP contribution in [0.4, 0.5) is 4.79 Å². The molecule has 18 heavy (non-hydrogen) atoms. The van der Waals surface area contributed by atoms with E-state index in [2.05, 4.69) is 0 Å². The molecule has 5 nitrogen and oxygen atoms in total. The summed E-state index contributed by atoms with van der Waals surface area (Å²) in [6, 6.07) is 8.85. The highest BCUT2D eigenvalue weighted by atomic mass is 16.6. The second kappa shape index (κ2) is 5.53. The van der Waals surface area contributed by atoms with Gasteiger partial charge in [0.05, 0.1) is 0 Å². The average Bonchev–Trinajstić information content (AvgIpc) is 2.78. The second-order valence-corrected chi connectivity index (χ2v) is 4.38. The van der Waals surface area contributed by atoms with Gasteiger partial charge in [-0.05, 0) is 24.5 Å². The van der Waals surface area contributed by atoms with Crippen LogP contribution in [0.5, 0.6) is 5.75 Å². The van der Waals surface area contributed by atoms with Crippen molar-refractivity contribution >= 4 is 12.1 Å². The van der Waals surface area contributed by atoms with E-state index in [9.17, 15) is 9.59 Å². The molecule has 1 aliphatic rings. The van der Waals surface area contributed by atoms with E-state index in [1.165, 1.54) is 0 Å². The van der Waals surface area contributed by atoms with Gasteiger partial charge in [-0.1, -0.05) is 18.2 Å². The smallest absolute Gasteiger partial charge is 0.415 e. The van der Waals surface area contributed by atoms with Crippen LogP contribution in [0.2, 0.25) is 0 Å². The summed E-state index contributed by atoms with van der Waals surface area (Å²) in [7, 11) is 0. The molecular formula is C13H15NO4. The lowest BCUT2D eigenvalue weighted by Crippen LogP contribution is -2.31. The Bertz CT molecular complexity index is 432. The SMILES string of the molecule is O=C(O)CC1CCN(C(=O)Oc2ccccc2)C1. The summed E-state index contributed by atoms with van der Waals surface area (Å²) >= 11 is 0. The average molecular weight is 249 g/mol. The molecule has 2 rings (SSSR count). The molecule has 1 saturated heterocycles. The Balaban J connectivity index is 1.86. The molecule has 0 radical (unpaired) electrons. The second-order valence-electron chi connectivity index (χ2n) is 4.38. The number of carbonyl (C=O) groups is 2. The van der Waals surface area contributed by atoms with Gasteiger partial charge >= 0.3 is 12.1 Å². The van der Waals surface area contributed by atoms with Gasteiger partial charge in [0.25, 0.3) is 0 Å². The fraction of sp³-hybridized carbons (Fsp3) is 0.385. The molecule has 0 bridgehead atoms. The minimum Gasteiger partial charge on any atom is -0.481 e. The molecule has 0 aromatic heterocycles. The maximum atomic E-state index is 11.8. The van der Waals surface area contributed by atoms with Crippen molar-refractivity contribution in [1.82, 2.24) is 4.90 Å². The molecular weight excluding hydrogens is 234 g/mol. The first-order valence-electron chi connectivity index (χ1n) is 5.89. The van der Waals surface area contributed by atoms with Crippen LogP contribution in [0.15, 0.2) is 30.3 Å². The van der Waals surface area contributed by atoms with Crippen molar-refractivity contribution in [1.29, 1.82) is 0 Å². The number of likely N-dealkylation sites (tertiary alicyclic amines) is 1. The number of hydrogen-bond donors (Lipinski definition) is 1. The van der Waals surface area contributed by atoms with Crippen LogP contribution in [-0.2, 0) is 4.79 Å². The van der Waals surface area contributed by atoms with Crippen molar-refractivity contribution in [3.63, 3.8) is 0 Å². The first-order chi connectivity index (χ1) is 8.65. The molecule has 0 aliphatic carbocycles. The first kappa shape index (κ1) is 12.4. The lowest BCUT2D eigenvalue weighted by molar-refractivity contribution is -0.138.